The second-order valence-electron chi connectivity index (χ2n) is 3.78. The van der Waals surface area contributed by atoms with E-state index in [1.807, 2.05) is 17.5 Å². The Balaban J connectivity index is 2.37. The Labute approximate surface area is 90.7 Å². The molecule has 1 N–H and O–H groups in total. The van der Waals surface area contributed by atoms with Crippen LogP contribution in [0.1, 0.15) is 19.3 Å². The average molecular weight is 239 g/mol. The van der Waals surface area contributed by atoms with Crippen molar-refractivity contribution in [1.82, 2.24) is 5.32 Å². The van der Waals surface area contributed by atoms with Crippen molar-refractivity contribution >= 4 is 5.91 Å². The molecule has 1 rings (SSSR count). The summed E-state index contributed by atoms with van der Waals surface area (Å²) >= 11 is 0. The SMILES string of the molecule is O=C(NCC1CC=CCC1)C(F)(F)C(F)F. The van der Waals surface area contributed by atoms with Crippen molar-refractivity contribution in [2.45, 2.75) is 31.6 Å². The zero-order chi connectivity index (χ0) is 12.2. The van der Waals surface area contributed by atoms with Crippen LogP contribution in [0.15, 0.2) is 12.2 Å². The first-order chi connectivity index (χ1) is 7.44. The number of hydrogen-bond donors (Lipinski definition) is 1. The van der Waals surface area contributed by atoms with Crippen molar-refractivity contribution < 1.29 is 22.4 Å². The summed E-state index contributed by atoms with van der Waals surface area (Å²) < 4.78 is 48.6. The van der Waals surface area contributed by atoms with Crippen LogP contribution < -0.4 is 5.32 Å². The van der Waals surface area contributed by atoms with E-state index in [1.54, 1.807) is 0 Å². The Kier molecular flexibility index (Phi) is 4.32. The van der Waals surface area contributed by atoms with E-state index in [0.717, 1.165) is 12.8 Å². The second kappa shape index (κ2) is 5.32. The maximum absolute atomic E-state index is 12.5. The third-order valence-electron chi connectivity index (χ3n) is 2.51. The van der Waals surface area contributed by atoms with E-state index >= 15 is 0 Å². The number of halogens is 4. The summed E-state index contributed by atoms with van der Waals surface area (Å²) in [5.74, 6) is -6.43. The maximum atomic E-state index is 12.5. The molecule has 1 unspecified atom stereocenters. The molecular weight excluding hydrogens is 226 g/mol. The molecule has 0 fully saturated rings. The van der Waals surface area contributed by atoms with E-state index in [0.29, 0.717) is 6.42 Å². The van der Waals surface area contributed by atoms with Crippen LogP contribution in [0.4, 0.5) is 17.6 Å². The highest BCUT2D eigenvalue weighted by atomic mass is 19.3. The van der Waals surface area contributed by atoms with Crippen molar-refractivity contribution in [3.63, 3.8) is 0 Å². The molecule has 92 valence electrons. The number of alkyl halides is 4. The molecule has 0 saturated carbocycles. The van der Waals surface area contributed by atoms with Crippen LogP contribution in [0.3, 0.4) is 0 Å². The topological polar surface area (TPSA) is 29.1 Å². The molecule has 1 aliphatic rings. The van der Waals surface area contributed by atoms with E-state index < -0.39 is 18.3 Å². The fraction of sp³-hybridized carbons (Fsp3) is 0.700. The summed E-state index contributed by atoms with van der Waals surface area (Å²) in [6.07, 6.45) is 2.18. The van der Waals surface area contributed by atoms with E-state index in [-0.39, 0.29) is 12.5 Å². The quantitative estimate of drug-likeness (QED) is 0.592. The monoisotopic (exact) mass is 239 g/mol. The molecular formula is C10H13F4NO. The maximum Gasteiger partial charge on any atom is 0.383 e. The lowest BCUT2D eigenvalue weighted by atomic mass is 9.94. The highest BCUT2D eigenvalue weighted by Gasteiger charge is 2.48. The molecule has 0 aromatic carbocycles. The van der Waals surface area contributed by atoms with Crippen LogP contribution in [0, 0.1) is 5.92 Å². The largest absolute Gasteiger partial charge is 0.383 e. The van der Waals surface area contributed by atoms with Gasteiger partial charge < -0.3 is 5.32 Å². The van der Waals surface area contributed by atoms with Gasteiger partial charge in [0.25, 0.3) is 5.91 Å². The van der Waals surface area contributed by atoms with Crippen molar-refractivity contribution in [3.8, 4) is 0 Å². The summed E-state index contributed by atoms with van der Waals surface area (Å²) in [5, 5.41) is 1.87. The van der Waals surface area contributed by atoms with Gasteiger partial charge in [0.2, 0.25) is 0 Å². The van der Waals surface area contributed by atoms with E-state index in [1.165, 1.54) is 0 Å². The first-order valence-corrected chi connectivity index (χ1v) is 5.04. The van der Waals surface area contributed by atoms with Gasteiger partial charge in [-0.1, -0.05) is 12.2 Å². The number of rotatable bonds is 4. The summed E-state index contributed by atoms with van der Waals surface area (Å²) in [6, 6.07) is 0. The summed E-state index contributed by atoms with van der Waals surface area (Å²) in [5.41, 5.74) is 0. The lowest BCUT2D eigenvalue weighted by molar-refractivity contribution is -0.169. The first kappa shape index (κ1) is 13.0. The number of carbonyl (C=O) groups is 1. The molecule has 2 nitrogen and oxygen atoms in total. The van der Waals surface area contributed by atoms with Gasteiger partial charge in [-0.25, -0.2) is 8.78 Å². The highest BCUT2D eigenvalue weighted by Crippen LogP contribution is 2.23. The Hall–Kier alpha value is -1.07. The van der Waals surface area contributed by atoms with Gasteiger partial charge >= 0.3 is 12.3 Å². The van der Waals surface area contributed by atoms with Crippen LogP contribution in [0.2, 0.25) is 0 Å². The summed E-state index contributed by atoms with van der Waals surface area (Å²) in [6.45, 7) is 0.0193. The van der Waals surface area contributed by atoms with Crippen molar-refractivity contribution in [1.29, 1.82) is 0 Å². The third kappa shape index (κ3) is 3.21. The van der Waals surface area contributed by atoms with Gasteiger partial charge in [-0.3, -0.25) is 4.79 Å². The molecule has 0 radical (unpaired) electrons. The van der Waals surface area contributed by atoms with Gasteiger partial charge in [-0.2, -0.15) is 8.78 Å². The lowest BCUT2D eigenvalue weighted by Crippen LogP contribution is -2.46. The number of allylic oxidation sites excluding steroid dienone is 2. The molecule has 0 heterocycles. The van der Waals surface area contributed by atoms with Gasteiger partial charge in [0, 0.05) is 6.54 Å². The lowest BCUT2D eigenvalue weighted by Gasteiger charge is -2.20. The molecule has 1 aliphatic carbocycles. The van der Waals surface area contributed by atoms with Crippen LogP contribution in [0.25, 0.3) is 0 Å². The van der Waals surface area contributed by atoms with Crippen molar-refractivity contribution in [2.75, 3.05) is 6.54 Å². The van der Waals surface area contributed by atoms with Crippen LogP contribution in [0.5, 0.6) is 0 Å². The Bertz CT molecular complexity index is 278. The number of nitrogens with one attached hydrogen (secondary N) is 1. The van der Waals surface area contributed by atoms with Gasteiger partial charge in [0.05, 0.1) is 0 Å². The Morgan fingerprint density at radius 3 is 2.62 bits per heavy atom. The molecule has 0 spiro atoms. The normalized spacial score (nSPS) is 21.2. The molecule has 0 aromatic heterocycles. The summed E-state index contributed by atoms with van der Waals surface area (Å²) in [4.78, 5) is 10.8. The van der Waals surface area contributed by atoms with E-state index in [2.05, 4.69) is 0 Å². The predicted molar refractivity (Wildman–Crippen MR) is 50.4 cm³/mol. The van der Waals surface area contributed by atoms with Crippen LogP contribution in [-0.4, -0.2) is 24.8 Å². The fourth-order valence-corrected chi connectivity index (χ4v) is 1.50. The smallest absolute Gasteiger partial charge is 0.350 e. The van der Waals surface area contributed by atoms with E-state index in [9.17, 15) is 22.4 Å². The number of carbonyl (C=O) groups excluding carboxylic acids is 1. The fourth-order valence-electron chi connectivity index (χ4n) is 1.50. The second-order valence-corrected chi connectivity index (χ2v) is 3.78. The Morgan fingerprint density at radius 1 is 1.44 bits per heavy atom. The van der Waals surface area contributed by atoms with Crippen molar-refractivity contribution in [3.05, 3.63) is 12.2 Å². The zero-order valence-corrected chi connectivity index (χ0v) is 8.56. The molecule has 1 atom stereocenters. The molecule has 16 heavy (non-hydrogen) atoms. The minimum absolute atomic E-state index is 0.0193. The molecule has 0 saturated heterocycles. The molecule has 0 aliphatic heterocycles. The van der Waals surface area contributed by atoms with Gasteiger partial charge in [-0.05, 0) is 25.2 Å². The molecule has 1 amide bonds. The number of amides is 1. The van der Waals surface area contributed by atoms with Gasteiger partial charge in [0.1, 0.15) is 0 Å². The van der Waals surface area contributed by atoms with Gasteiger partial charge in [-0.15, -0.1) is 0 Å². The minimum atomic E-state index is -4.59. The first-order valence-electron chi connectivity index (χ1n) is 5.04. The van der Waals surface area contributed by atoms with Crippen molar-refractivity contribution in [2.24, 2.45) is 5.92 Å². The zero-order valence-electron chi connectivity index (χ0n) is 8.56. The van der Waals surface area contributed by atoms with E-state index in [4.69, 9.17) is 0 Å². The summed E-state index contributed by atoms with van der Waals surface area (Å²) in [7, 11) is 0. The standard InChI is InChI=1S/C10H13F4NO/c11-8(12)10(13,14)9(16)15-6-7-4-2-1-3-5-7/h1-2,7-8H,3-6H2,(H,15,16). The highest BCUT2D eigenvalue weighted by molar-refractivity contribution is 5.83. The van der Waals surface area contributed by atoms with Crippen LogP contribution >= 0.6 is 0 Å². The third-order valence-corrected chi connectivity index (χ3v) is 2.51. The predicted octanol–water partition coefficient (Wildman–Crippen LogP) is 2.36. The van der Waals surface area contributed by atoms with Gasteiger partial charge in [0.15, 0.2) is 0 Å². The molecule has 0 bridgehead atoms. The Morgan fingerprint density at radius 2 is 2.12 bits per heavy atom. The average Bonchev–Trinajstić information content (AvgIpc) is 2.27. The number of hydrogen-bond acceptors (Lipinski definition) is 1. The minimum Gasteiger partial charge on any atom is -0.350 e. The van der Waals surface area contributed by atoms with Crippen LogP contribution in [-0.2, 0) is 4.79 Å². The molecule has 0 aromatic rings. The molecule has 6 heteroatoms.